The number of nitrogens with zero attached hydrogens (tertiary/aromatic N) is 2. The Labute approximate surface area is 144 Å². The number of fused-ring (bicyclic) bond motifs is 1. The molecular formula is C17H22N4O4. The number of hydrogen-bond acceptors (Lipinski definition) is 6. The number of nitro groups is 1. The summed E-state index contributed by atoms with van der Waals surface area (Å²) in [5.74, 6) is 0.555. The highest BCUT2D eigenvalue weighted by Crippen LogP contribution is 2.28. The molecule has 0 saturated heterocycles. The number of hydrogen-bond donors (Lipinski definition) is 2. The van der Waals surface area contributed by atoms with Crippen molar-refractivity contribution in [1.82, 2.24) is 9.97 Å². The number of aromatic amines is 1. The van der Waals surface area contributed by atoms with E-state index in [1.165, 1.54) is 37.7 Å². The fraction of sp³-hybridized carbons (Fsp3) is 0.529. The molecule has 2 atom stereocenters. The maximum Gasteiger partial charge on any atom is 0.293 e. The van der Waals surface area contributed by atoms with Crippen LogP contribution in [0.4, 0.5) is 11.4 Å². The van der Waals surface area contributed by atoms with Crippen LogP contribution in [0.3, 0.4) is 0 Å². The second-order valence-corrected chi connectivity index (χ2v) is 6.47. The monoisotopic (exact) mass is 346 g/mol. The summed E-state index contributed by atoms with van der Waals surface area (Å²) in [6.45, 7) is 3.14. The molecule has 2 N–H and O–H groups in total. The Morgan fingerprint density at radius 3 is 2.96 bits per heavy atom. The predicted octanol–water partition coefficient (Wildman–Crippen LogP) is 2.84. The molecular weight excluding hydrogens is 324 g/mol. The van der Waals surface area contributed by atoms with Crippen molar-refractivity contribution < 1.29 is 9.66 Å². The zero-order valence-corrected chi connectivity index (χ0v) is 14.2. The molecule has 134 valence electrons. The topological polar surface area (TPSA) is 110 Å². The second-order valence-electron chi connectivity index (χ2n) is 6.47. The first kappa shape index (κ1) is 17.3. The SMILES string of the molecule is C[C@H]1CCCC[C@H]1OCCNc1cc2nc[nH]c(=O)c2cc1[N+](=O)[O-]. The van der Waals surface area contributed by atoms with Gasteiger partial charge in [0.15, 0.2) is 0 Å². The van der Waals surface area contributed by atoms with Crippen LogP contribution in [0.5, 0.6) is 0 Å². The van der Waals surface area contributed by atoms with Crippen molar-refractivity contribution in [2.45, 2.75) is 38.7 Å². The average molecular weight is 346 g/mol. The van der Waals surface area contributed by atoms with Gasteiger partial charge in [-0.05, 0) is 24.8 Å². The van der Waals surface area contributed by atoms with E-state index < -0.39 is 10.5 Å². The molecule has 0 radical (unpaired) electrons. The lowest BCUT2D eigenvalue weighted by molar-refractivity contribution is -0.383. The van der Waals surface area contributed by atoms with E-state index in [2.05, 4.69) is 22.2 Å². The summed E-state index contributed by atoms with van der Waals surface area (Å²) in [4.78, 5) is 29.1. The van der Waals surface area contributed by atoms with Crippen molar-refractivity contribution >= 4 is 22.3 Å². The Bertz CT molecular complexity index is 820. The van der Waals surface area contributed by atoms with E-state index in [1.54, 1.807) is 0 Å². The smallest absolute Gasteiger partial charge is 0.293 e. The van der Waals surface area contributed by atoms with Gasteiger partial charge in [0.1, 0.15) is 5.69 Å². The van der Waals surface area contributed by atoms with Crippen molar-refractivity contribution in [1.29, 1.82) is 0 Å². The lowest BCUT2D eigenvalue weighted by atomic mass is 9.88. The summed E-state index contributed by atoms with van der Waals surface area (Å²) in [6.07, 6.45) is 6.27. The molecule has 8 heteroatoms. The Morgan fingerprint density at radius 1 is 1.40 bits per heavy atom. The Balaban J connectivity index is 1.69. The largest absolute Gasteiger partial charge is 0.377 e. The minimum atomic E-state index is -0.502. The van der Waals surface area contributed by atoms with E-state index in [1.807, 2.05) is 0 Å². The van der Waals surface area contributed by atoms with Gasteiger partial charge >= 0.3 is 0 Å². The lowest BCUT2D eigenvalue weighted by Gasteiger charge is -2.28. The number of benzene rings is 1. The molecule has 1 fully saturated rings. The van der Waals surface area contributed by atoms with Gasteiger partial charge in [-0.15, -0.1) is 0 Å². The molecule has 1 aliphatic rings. The number of nitro benzene ring substituents is 1. The summed E-state index contributed by atoms with van der Waals surface area (Å²) < 4.78 is 5.92. The van der Waals surface area contributed by atoms with Crippen molar-refractivity contribution in [3.05, 3.63) is 38.9 Å². The zero-order valence-electron chi connectivity index (χ0n) is 14.2. The Hall–Kier alpha value is -2.48. The van der Waals surface area contributed by atoms with Crippen LogP contribution in [0, 0.1) is 16.0 Å². The number of nitrogens with one attached hydrogen (secondary N) is 2. The van der Waals surface area contributed by atoms with Crippen LogP contribution in [0.25, 0.3) is 10.9 Å². The minimum absolute atomic E-state index is 0.142. The quantitative estimate of drug-likeness (QED) is 0.473. The molecule has 1 saturated carbocycles. The standard InChI is InChI=1S/C17H22N4O4/c1-11-4-2-3-5-16(11)25-7-6-18-14-9-13-12(8-15(14)21(23)24)17(22)20-10-19-13/h8-11,16,18H,2-7H2,1H3,(H,19,20,22)/t11-,16+/m0/s1. The van der Waals surface area contributed by atoms with Crippen LogP contribution < -0.4 is 10.9 Å². The summed E-state index contributed by atoms with van der Waals surface area (Å²) >= 11 is 0. The van der Waals surface area contributed by atoms with Crippen molar-refractivity contribution in [2.24, 2.45) is 5.92 Å². The molecule has 0 aliphatic heterocycles. The molecule has 1 aromatic carbocycles. The molecule has 3 rings (SSSR count). The van der Waals surface area contributed by atoms with E-state index >= 15 is 0 Å². The Kier molecular flexibility index (Phi) is 5.28. The molecule has 2 aromatic rings. The molecule has 0 bridgehead atoms. The first-order valence-electron chi connectivity index (χ1n) is 8.57. The van der Waals surface area contributed by atoms with E-state index in [0.717, 1.165) is 6.42 Å². The van der Waals surface area contributed by atoms with Crippen LogP contribution in [0.15, 0.2) is 23.3 Å². The van der Waals surface area contributed by atoms with Gasteiger partial charge in [0.2, 0.25) is 0 Å². The normalized spacial score (nSPS) is 20.5. The number of ether oxygens (including phenoxy) is 1. The molecule has 1 aromatic heterocycles. The highest BCUT2D eigenvalue weighted by atomic mass is 16.6. The van der Waals surface area contributed by atoms with Gasteiger partial charge in [-0.3, -0.25) is 14.9 Å². The second kappa shape index (κ2) is 7.60. The number of anilines is 1. The van der Waals surface area contributed by atoms with Gasteiger partial charge in [-0.25, -0.2) is 4.98 Å². The van der Waals surface area contributed by atoms with E-state index in [4.69, 9.17) is 4.74 Å². The summed E-state index contributed by atoms with van der Waals surface area (Å²) in [5.41, 5.74) is 0.223. The summed E-state index contributed by atoms with van der Waals surface area (Å²) in [5, 5.41) is 14.5. The lowest BCUT2D eigenvalue weighted by Crippen LogP contribution is -2.27. The third kappa shape index (κ3) is 3.96. The average Bonchev–Trinajstić information content (AvgIpc) is 2.59. The highest BCUT2D eigenvalue weighted by Gasteiger charge is 2.22. The molecule has 0 amide bonds. The van der Waals surface area contributed by atoms with Crippen LogP contribution in [-0.2, 0) is 4.74 Å². The van der Waals surface area contributed by atoms with Crippen LogP contribution in [-0.4, -0.2) is 34.1 Å². The number of rotatable bonds is 6. The molecule has 25 heavy (non-hydrogen) atoms. The molecule has 8 nitrogen and oxygen atoms in total. The van der Waals surface area contributed by atoms with Crippen LogP contribution in [0.2, 0.25) is 0 Å². The molecule has 0 unspecified atom stereocenters. The van der Waals surface area contributed by atoms with Crippen LogP contribution >= 0.6 is 0 Å². The summed E-state index contributed by atoms with van der Waals surface area (Å²) in [7, 11) is 0. The van der Waals surface area contributed by atoms with Crippen molar-refractivity contribution in [2.75, 3.05) is 18.5 Å². The highest BCUT2D eigenvalue weighted by molar-refractivity contribution is 5.86. The van der Waals surface area contributed by atoms with E-state index in [-0.39, 0.29) is 17.2 Å². The summed E-state index contributed by atoms with van der Waals surface area (Å²) in [6, 6.07) is 2.79. The van der Waals surface area contributed by atoms with Crippen molar-refractivity contribution in [3.8, 4) is 0 Å². The van der Waals surface area contributed by atoms with Gasteiger partial charge in [-0.1, -0.05) is 19.8 Å². The predicted molar refractivity (Wildman–Crippen MR) is 94.9 cm³/mol. The third-order valence-electron chi connectivity index (χ3n) is 4.74. The van der Waals surface area contributed by atoms with Gasteiger partial charge < -0.3 is 15.0 Å². The zero-order chi connectivity index (χ0) is 17.8. The minimum Gasteiger partial charge on any atom is -0.377 e. The van der Waals surface area contributed by atoms with Crippen molar-refractivity contribution in [3.63, 3.8) is 0 Å². The van der Waals surface area contributed by atoms with Gasteiger partial charge in [0.25, 0.3) is 11.2 Å². The van der Waals surface area contributed by atoms with Gasteiger partial charge in [-0.2, -0.15) is 0 Å². The fourth-order valence-electron chi connectivity index (χ4n) is 3.32. The fourth-order valence-corrected chi connectivity index (χ4v) is 3.32. The first-order chi connectivity index (χ1) is 12.1. The number of H-pyrrole nitrogens is 1. The van der Waals surface area contributed by atoms with E-state index in [9.17, 15) is 14.9 Å². The third-order valence-corrected chi connectivity index (χ3v) is 4.74. The molecule has 1 heterocycles. The molecule has 0 spiro atoms. The maximum atomic E-state index is 11.8. The Morgan fingerprint density at radius 2 is 2.20 bits per heavy atom. The van der Waals surface area contributed by atoms with Gasteiger partial charge in [0.05, 0.1) is 34.9 Å². The first-order valence-corrected chi connectivity index (χ1v) is 8.57. The molecule has 1 aliphatic carbocycles. The van der Waals surface area contributed by atoms with Crippen LogP contribution in [0.1, 0.15) is 32.6 Å². The van der Waals surface area contributed by atoms with E-state index in [0.29, 0.717) is 30.3 Å². The van der Waals surface area contributed by atoms with Gasteiger partial charge in [0, 0.05) is 12.6 Å². The maximum absolute atomic E-state index is 11.8. The number of aromatic nitrogens is 2.